The Morgan fingerprint density at radius 1 is 1.00 bits per heavy atom. The van der Waals surface area contributed by atoms with Crippen molar-refractivity contribution in [3.63, 3.8) is 0 Å². The highest BCUT2D eigenvalue weighted by molar-refractivity contribution is 7.81. The lowest BCUT2D eigenvalue weighted by molar-refractivity contribution is -0.138. The van der Waals surface area contributed by atoms with Crippen LogP contribution in [0.15, 0.2) is 60.7 Å². The fourth-order valence-corrected chi connectivity index (χ4v) is 9.06. The number of halogens is 3. The van der Waals surface area contributed by atoms with Gasteiger partial charge in [0.05, 0.1) is 29.4 Å². The largest absolute Gasteiger partial charge is 0.492 e. The van der Waals surface area contributed by atoms with Crippen LogP contribution in [0, 0.1) is 17.2 Å². The maximum atomic E-state index is 13.8. The van der Waals surface area contributed by atoms with Crippen LogP contribution in [0.5, 0.6) is 5.75 Å². The number of imide groups is 1. The molecule has 0 saturated carbocycles. The van der Waals surface area contributed by atoms with Gasteiger partial charge in [-0.1, -0.05) is 38.1 Å². The number of nitrogens with one attached hydrogen (secondary N) is 1. The Hall–Kier alpha value is -5.17. The van der Waals surface area contributed by atoms with Gasteiger partial charge < -0.3 is 9.64 Å². The molecule has 3 amide bonds. The molecular weight excluding hydrogens is 794 g/mol. The van der Waals surface area contributed by atoms with E-state index in [1.807, 2.05) is 50.2 Å². The minimum Gasteiger partial charge on any atom is -0.492 e. The third-order valence-corrected chi connectivity index (χ3v) is 12.0. The first-order valence-electron chi connectivity index (χ1n) is 20.3. The molecule has 0 radical (unpaired) electrons. The molecule has 3 saturated heterocycles. The van der Waals surface area contributed by atoms with Crippen LogP contribution in [0.4, 0.5) is 24.5 Å². The maximum Gasteiger partial charge on any atom is 0.417 e. The molecule has 1 unspecified atom stereocenters. The molecular formula is C45H51F3N6O5S. The van der Waals surface area contributed by atoms with Gasteiger partial charge in [0.1, 0.15) is 17.9 Å². The van der Waals surface area contributed by atoms with E-state index in [1.165, 1.54) is 6.07 Å². The van der Waals surface area contributed by atoms with Crippen LogP contribution in [0.1, 0.15) is 88.1 Å². The van der Waals surface area contributed by atoms with Crippen LogP contribution in [-0.2, 0) is 38.2 Å². The average molecular weight is 845 g/mol. The van der Waals surface area contributed by atoms with E-state index in [0.717, 1.165) is 46.8 Å². The third kappa shape index (κ3) is 9.56. The summed E-state index contributed by atoms with van der Waals surface area (Å²) in [6, 6.07) is 18.3. The van der Waals surface area contributed by atoms with Crippen molar-refractivity contribution in [2.75, 3.05) is 42.6 Å². The summed E-state index contributed by atoms with van der Waals surface area (Å²) in [7, 11) is 0. The molecule has 0 spiro atoms. The van der Waals surface area contributed by atoms with E-state index >= 15 is 0 Å². The van der Waals surface area contributed by atoms with Crippen LogP contribution in [0.25, 0.3) is 0 Å². The van der Waals surface area contributed by atoms with Crippen molar-refractivity contribution in [3.8, 4) is 11.8 Å². The predicted octanol–water partition coefficient (Wildman–Crippen LogP) is 6.80. The van der Waals surface area contributed by atoms with Crippen molar-refractivity contribution in [1.29, 1.82) is 5.26 Å². The minimum atomic E-state index is -4.80. The molecule has 6 rings (SSSR count). The van der Waals surface area contributed by atoms with E-state index in [9.17, 15) is 37.6 Å². The zero-order valence-corrected chi connectivity index (χ0v) is 35.6. The summed E-state index contributed by atoms with van der Waals surface area (Å²) in [4.78, 5) is 58.2. The van der Waals surface area contributed by atoms with Gasteiger partial charge in [-0.15, -0.1) is 0 Å². The molecule has 0 aliphatic carbocycles. The van der Waals surface area contributed by atoms with Crippen molar-refractivity contribution >= 4 is 52.2 Å². The number of piperazine rings is 1. The predicted molar refractivity (Wildman–Crippen MR) is 226 cm³/mol. The number of carbonyl (C=O) groups is 4. The molecule has 3 heterocycles. The molecule has 60 heavy (non-hydrogen) atoms. The third-order valence-electron chi connectivity index (χ3n) is 11.7. The topological polar surface area (TPSA) is 126 Å². The van der Waals surface area contributed by atoms with Gasteiger partial charge in [-0.3, -0.25) is 39.2 Å². The van der Waals surface area contributed by atoms with Crippen LogP contribution in [0.3, 0.4) is 0 Å². The number of thiocarbonyl (C=S) groups is 1. The highest BCUT2D eigenvalue weighted by Crippen LogP contribution is 2.41. The fraction of sp³-hybridized carbons (Fsp3) is 0.467. The summed E-state index contributed by atoms with van der Waals surface area (Å²) in [5, 5.41) is 11.7. The second-order valence-corrected chi connectivity index (χ2v) is 17.3. The summed E-state index contributed by atoms with van der Waals surface area (Å²) < 4.78 is 47.9. The van der Waals surface area contributed by atoms with Gasteiger partial charge in [-0.25, -0.2) is 0 Å². The van der Waals surface area contributed by atoms with Crippen LogP contribution in [-0.4, -0.2) is 88.8 Å². The normalized spacial score (nSPS) is 21.4. The molecule has 3 aromatic rings. The smallest absolute Gasteiger partial charge is 0.417 e. The van der Waals surface area contributed by atoms with Gasteiger partial charge in [-0.05, 0) is 112 Å². The van der Waals surface area contributed by atoms with E-state index in [1.54, 1.807) is 30.9 Å². The second kappa shape index (κ2) is 17.8. The number of benzene rings is 3. The van der Waals surface area contributed by atoms with E-state index in [2.05, 4.69) is 29.0 Å². The van der Waals surface area contributed by atoms with Crippen LogP contribution < -0.4 is 19.9 Å². The Bertz CT molecular complexity index is 2210. The molecule has 0 aromatic heterocycles. The maximum absolute atomic E-state index is 13.8. The van der Waals surface area contributed by atoms with Gasteiger partial charge in [0.2, 0.25) is 11.8 Å². The van der Waals surface area contributed by atoms with E-state index < -0.39 is 28.7 Å². The summed E-state index contributed by atoms with van der Waals surface area (Å²) in [5.74, 6) is -0.413. The molecule has 3 atom stereocenters. The molecule has 0 bridgehead atoms. The summed E-state index contributed by atoms with van der Waals surface area (Å²) >= 11 is 5.76. The molecule has 15 heteroatoms. The van der Waals surface area contributed by atoms with Crippen molar-refractivity contribution in [3.05, 3.63) is 88.5 Å². The van der Waals surface area contributed by atoms with Crippen molar-refractivity contribution < 1.29 is 37.1 Å². The van der Waals surface area contributed by atoms with Crippen molar-refractivity contribution in [2.45, 2.75) is 96.9 Å². The quantitative estimate of drug-likeness (QED) is 0.145. The lowest BCUT2D eigenvalue weighted by Crippen LogP contribution is -2.58. The molecule has 3 fully saturated rings. The van der Waals surface area contributed by atoms with Gasteiger partial charge >= 0.3 is 6.18 Å². The molecule has 3 aliphatic rings. The van der Waals surface area contributed by atoms with Crippen molar-refractivity contribution in [2.24, 2.45) is 5.92 Å². The van der Waals surface area contributed by atoms with Crippen molar-refractivity contribution in [1.82, 2.24) is 15.1 Å². The molecule has 318 valence electrons. The number of rotatable bonds is 13. The molecule has 3 aromatic carbocycles. The van der Waals surface area contributed by atoms with Gasteiger partial charge in [-0.2, -0.15) is 18.4 Å². The Morgan fingerprint density at radius 3 is 2.33 bits per heavy atom. The van der Waals surface area contributed by atoms with E-state index in [0.29, 0.717) is 56.8 Å². The number of amides is 3. The lowest BCUT2D eigenvalue weighted by Gasteiger charge is -2.44. The number of nitriles is 1. The minimum absolute atomic E-state index is 0.0199. The SMILES string of the molecule is CC(C)c1cc(N2C(=S)N(c3ccc(C#N)c(C(F)(F)F)c3)C(=O)C2(C)C)ccc1OCCN1C[C@@H](C)N(CC(=O)Cc2cccc(CC3CCC(=O)NC3=O)c2)[C@@H](C)C1. The van der Waals surface area contributed by atoms with Gasteiger partial charge in [0, 0.05) is 56.2 Å². The number of nitrogens with zero attached hydrogens (tertiary/aromatic N) is 5. The van der Waals surface area contributed by atoms with Crippen LogP contribution in [0.2, 0.25) is 0 Å². The fourth-order valence-electron chi connectivity index (χ4n) is 8.53. The van der Waals surface area contributed by atoms with E-state index in [-0.39, 0.29) is 52.3 Å². The summed E-state index contributed by atoms with van der Waals surface area (Å²) in [6.45, 7) is 14.5. The zero-order valence-electron chi connectivity index (χ0n) is 34.8. The lowest BCUT2D eigenvalue weighted by atomic mass is 9.90. The molecule has 3 aliphatic heterocycles. The highest BCUT2D eigenvalue weighted by atomic mass is 32.1. The number of hydrogen-bond donors (Lipinski definition) is 1. The van der Waals surface area contributed by atoms with Gasteiger partial charge in [0.25, 0.3) is 5.91 Å². The van der Waals surface area contributed by atoms with E-state index in [4.69, 9.17) is 17.0 Å². The first-order chi connectivity index (χ1) is 28.3. The monoisotopic (exact) mass is 844 g/mol. The first-order valence-corrected chi connectivity index (χ1v) is 20.7. The Kier molecular flexibility index (Phi) is 13.2. The molecule has 11 nitrogen and oxygen atoms in total. The average Bonchev–Trinajstić information content (AvgIpc) is 3.35. The van der Waals surface area contributed by atoms with Gasteiger partial charge in [0.15, 0.2) is 10.9 Å². The summed E-state index contributed by atoms with van der Waals surface area (Å²) in [6.07, 6.45) is -3.11. The standard InChI is InChI=1S/C45H51F3N6O5S/c1-27(2)37-21-35(54-43(60)53(42(58)44(54,5)6)34-12-10-33(23-49)38(22-34)45(46,47)48)13-14-39(37)59-17-16-51-24-28(3)52(29(4)25-51)26-36(55)20-31-9-7-8-30(18-31)19-32-11-15-40(56)50-41(32)57/h7-10,12-14,18,21-22,27-29,32H,11,15-17,19-20,24-26H2,1-6H3,(H,50,56,57)/t28-,29+,32?. The Labute approximate surface area is 354 Å². The second-order valence-electron chi connectivity index (χ2n) is 16.9. The number of Topliss-reactive ketones (excluding diaryl/α,β-unsaturated/α-hetero) is 1. The number of ketones is 1. The number of piperidine rings is 1. The highest BCUT2D eigenvalue weighted by Gasteiger charge is 2.51. The summed E-state index contributed by atoms with van der Waals surface area (Å²) in [5.41, 5.74) is 0.360. The number of ether oxygens (including phenoxy) is 1. The first kappa shape index (κ1) is 44.4. The Balaban J connectivity index is 1.05. The molecule has 1 N–H and O–H groups in total. The number of anilines is 2. The number of carbonyl (C=O) groups excluding carboxylic acids is 4. The number of alkyl halides is 3. The number of hydrogen-bond acceptors (Lipinski definition) is 9. The zero-order chi connectivity index (χ0) is 43.7. The Morgan fingerprint density at radius 2 is 1.68 bits per heavy atom. The van der Waals surface area contributed by atoms with Crippen LogP contribution >= 0.6 is 12.2 Å².